The lowest BCUT2D eigenvalue weighted by Crippen LogP contribution is -2.47. The first-order valence-electron chi connectivity index (χ1n) is 9.95. The third-order valence-electron chi connectivity index (χ3n) is 4.93. The zero-order valence-corrected chi connectivity index (χ0v) is 16.7. The molecule has 0 radical (unpaired) electrons. The number of hydrogen-bond donors (Lipinski definition) is 1. The number of carbonyl (C=O) groups excluding carboxylic acids is 1. The van der Waals surface area contributed by atoms with Gasteiger partial charge in [-0.15, -0.1) is 0 Å². The minimum atomic E-state index is -0.159. The van der Waals surface area contributed by atoms with E-state index in [9.17, 15) is 4.79 Å². The monoisotopic (exact) mass is 394 g/mol. The van der Waals surface area contributed by atoms with Gasteiger partial charge in [0.15, 0.2) is 5.76 Å². The van der Waals surface area contributed by atoms with Crippen molar-refractivity contribution in [1.82, 2.24) is 20.0 Å². The molecule has 29 heavy (non-hydrogen) atoms. The molecule has 1 N–H and O–H groups in total. The Morgan fingerprint density at radius 1 is 1.14 bits per heavy atom. The lowest BCUT2D eigenvalue weighted by atomic mass is 10.2. The molecular weight excluding hydrogens is 368 g/mol. The van der Waals surface area contributed by atoms with E-state index in [0.717, 1.165) is 25.3 Å². The van der Waals surface area contributed by atoms with Crippen molar-refractivity contribution in [3.8, 4) is 17.1 Å². The molecule has 3 aromatic rings. The first-order chi connectivity index (χ1) is 14.1. The molecule has 2 aromatic heterocycles. The Labute approximate surface area is 170 Å². The summed E-state index contributed by atoms with van der Waals surface area (Å²) >= 11 is 0. The first kappa shape index (κ1) is 19.4. The zero-order valence-electron chi connectivity index (χ0n) is 16.7. The molecule has 1 aromatic carbocycles. The molecule has 0 saturated carbocycles. The van der Waals surface area contributed by atoms with E-state index in [1.54, 1.807) is 23.1 Å². The van der Waals surface area contributed by atoms with Crippen LogP contribution in [0, 0.1) is 0 Å². The predicted molar refractivity (Wildman–Crippen MR) is 110 cm³/mol. The summed E-state index contributed by atoms with van der Waals surface area (Å²) in [6.07, 6.45) is 2.02. The van der Waals surface area contributed by atoms with Crippen LogP contribution in [0.15, 0.2) is 59.2 Å². The Hall–Kier alpha value is -2.90. The van der Waals surface area contributed by atoms with Crippen LogP contribution in [0.3, 0.4) is 0 Å². The van der Waals surface area contributed by atoms with Crippen LogP contribution in [0.25, 0.3) is 17.1 Å². The Balaban J connectivity index is 1.48. The van der Waals surface area contributed by atoms with E-state index < -0.39 is 0 Å². The molecule has 4 rings (SSSR count). The molecule has 7 heteroatoms. The highest BCUT2D eigenvalue weighted by atomic mass is 16.5. The van der Waals surface area contributed by atoms with Gasteiger partial charge in [-0.2, -0.15) is 5.10 Å². The number of carbonyl (C=O) groups is 1. The molecule has 1 amide bonds. The molecule has 0 aliphatic carbocycles. The SMILES string of the molecule is C[C@H]1CN(CCNC(=O)c2cc(-c3ccco3)nn2-c2ccccc2)C[C@H](C)O1. The van der Waals surface area contributed by atoms with Gasteiger partial charge >= 0.3 is 0 Å². The van der Waals surface area contributed by atoms with Crippen LogP contribution in [0.2, 0.25) is 0 Å². The van der Waals surface area contributed by atoms with Crippen molar-refractivity contribution in [3.63, 3.8) is 0 Å². The van der Waals surface area contributed by atoms with E-state index in [0.29, 0.717) is 23.7 Å². The maximum absolute atomic E-state index is 12.9. The minimum Gasteiger partial charge on any atom is -0.463 e. The number of para-hydroxylation sites is 1. The van der Waals surface area contributed by atoms with Crippen LogP contribution in [0.4, 0.5) is 0 Å². The first-order valence-corrected chi connectivity index (χ1v) is 9.95. The van der Waals surface area contributed by atoms with Crippen LogP contribution >= 0.6 is 0 Å². The molecule has 2 atom stereocenters. The van der Waals surface area contributed by atoms with E-state index in [-0.39, 0.29) is 18.1 Å². The van der Waals surface area contributed by atoms with Crippen LogP contribution in [0.5, 0.6) is 0 Å². The number of amides is 1. The van der Waals surface area contributed by atoms with Gasteiger partial charge in [0, 0.05) is 32.2 Å². The van der Waals surface area contributed by atoms with Crippen molar-refractivity contribution in [2.45, 2.75) is 26.1 Å². The Morgan fingerprint density at radius 3 is 2.59 bits per heavy atom. The second-order valence-electron chi connectivity index (χ2n) is 7.41. The molecular formula is C22H26N4O3. The van der Waals surface area contributed by atoms with Crippen molar-refractivity contribution < 1.29 is 13.9 Å². The van der Waals surface area contributed by atoms with E-state index in [2.05, 4.69) is 29.2 Å². The van der Waals surface area contributed by atoms with Crippen LogP contribution in [-0.4, -0.2) is 59.0 Å². The van der Waals surface area contributed by atoms with Crippen molar-refractivity contribution in [1.29, 1.82) is 0 Å². The van der Waals surface area contributed by atoms with Gasteiger partial charge in [-0.25, -0.2) is 4.68 Å². The number of morpholine rings is 1. The van der Waals surface area contributed by atoms with Gasteiger partial charge in [0.25, 0.3) is 5.91 Å². The standard InChI is InChI=1S/C22H26N4O3/c1-16-14-25(15-17(2)29-16)11-10-23-22(27)20-13-19(21-9-6-12-28-21)24-26(20)18-7-4-3-5-8-18/h3-9,12-13,16-17H,10-11,14-15H2,1-2H3,(H,23,27)/t16-,17-/m0/s1. The second kappa shape index (κ2) is 8.63. The van der Waals surface area contributed by atoms with Gasteiger partial charge < -0.3 is 14.5 Å². The number of hydrogen-bond acceptors (Lipinski definition) is 5. The number of aromatic nitrogens is 2. The summed E-state index contributed by atoms with van der Waals surface area (Å²) in [6, 6.07) is 15.0. The molecule has 1 aliphatic heterocycles. The molecule has 1 aliphatic rings. The third kappa shape index (κ3) is 4.58. The van der Waals surface area contributed by atoms with Gasteiger partial charge in [-0.05, 0) is 38.1 Å². The van der Waals surface area contributed by atoms with Gasteiger partial charge in [-0.3, -0.25) is 9.69 Å². The van der Waals surface area contributed by atoms with Gasteiger partial charge in [0.2, 0.25) is 0 Å². The summed E-state index contributed by atoms with van der Waals surface area (Å²) in [6.45, 7) is 7.27. The number of nitrogens with one attached hydrogen (secondary N) is 1. The minimum absolute atomic E-state index is 0.159. The third-order valence-corrected chi connectivity index (χ3v) is 4.93. The van der Waals surface area contributed by atoms with Crippen LogP contribution in [-0.2, 0) is 4.74 Å². The van der Waals surface area contributed by atoms with E-state index in [4.69, 9.17) is 9.15 Å². The van der Waals surface area contributed by atoms with Gasteiger partial charge in [0.1, 0.15) is 11.4 Å². The summed E-state index contributed by atoms with van der Waals surface area (Å²) < 4.78 is 12.9. The molecule has 1 saturated heterocycles. The fraction of sp³-hybridized carbons (Fsp3) is 0.364. The lowest BCUT2D eigenvalue weighted by molar-refractivity contribution is -0.0672. The molecule has 152 valence electrons. The van der Waals surface area contributed by atoms with Crippen molar-refractivity contribution >= 4 is 5.91 Å². The topological polar surface area (TPSA) is 72.5 Å². The predicted octanol–water partition coefficient (Wildman–Crippen LogP) is 2.97. The summed E-state index contributed by atoms with van der Waals surface area (Å²) in [7, 11) is 0. The van der Waals surface area contributed by atoms with Crippen molar-refractivity contribution in [3.05, 3.63) is 60.5 Å². The average molecular weight is 394 g/mol. The number of benzene rings is 1. The summed E-state index contributed by atoms with van der Waals surface area (Å²) in [5, 5.41) is 7.63. The van der Waals surface area contributed by atoms with E-state index >= 15 is 0 Å². The molecule has 0 unspecified atom stereocenters. The van der Waals surface area contributed by atoms with Crippen molar-refractivity contribution in [2.24, 2.45) is 0 Å². The maximum Gasteiger partial charge on any atom is 0.270 e. The zero-order chi connectivity index (χ0) is 20.2. The molecule has 1 fully saturated rings. The largest absolute Gasteiger partial charge is 0.463 e. The van der Waals surface area contributed by atoms with Crippen molar-refractivity contribution in [2.75, 3.05) is 26.2 Å². The average Bonchev–Trinajstić information content (AvgIpc) is 3.38. The maximum atomic E-state index is 12.9. The summed E-state index contributed by atoms with van der Waals surface area (Å²) in [5.41, 5.74) is 1.93. The van der Waals surface area contributed by atoms with Crippen LogP contribution in [0.1, 0.15) is 24.3 Å². The normalized spacial score (nSPS) is 19.9. The highest BCUT2D eigenvalue weighted by Crippen LogP contribution is 2.22. The second-order valence-corrected chi connectivity index (χ2v) is 7.41. The molecule has 7 nitrogen and oxygen atoms in total. The number of nitrogens with zero attached hydrogens (tertiary/aromatic N) is 3. The molecule has 3 heterocycles. The lowest BCUT2D eigenvalue weighted by Gasteiger charge is -2.35. The Bertz CT molecular complexity index is 926. The highest BCUT2D eigenvalue weighted by molar-refractivity contribution is 5.94. The van der Waals surface area contributed by atoms with E-state index in [1.165, 1.54) is 0 Å². The van der Waals surface area contributed by atoms with E-state index in [1.807, 2.05) is 36.4 Å². The summed E-state index contributed by atoms with van der Waals surface area (Å²) in [5.74, 6) is 0.471. The fourth-order valence-electron chi connectivity index (χ4n) is 3.74. The van der Waals surface area contributed by atoms with Gasteiger partial charge in [-0.1, -0.05) is 18.2 Å². The summed E-state index contributed by atoms with van der Waals surface area (Å²) in [4.78, 5) is 15.3. The highest BCUT2D eigenvalue weighted by Gasteiger charge is 2.22. The smallest absolute Gasteiger partial charge is 0.270 e. The Kier molecular flexibility index (Phi) is 5.78. The number of ether oxygens (including phenoxy) is 1. The van der Waals surface area contributed by atoms with Gasteiger partial charge in [0.05, 0.1) is 24.2 Å². The van der Waals surface area contributed by atoms with Crippen LogP contribution < -0.4 is 5.32 Å². The molecule has 0 spiro atoms. The number of furan rings is 1. The Morgan fingerprint density at radius 2 is 1.90 bits per heavy atom. The molecule has 0 bridgehead atoms. The number of rotatable bonds is 6. The quantitative estimate of drug-likeness (QED) is 0.696. The fourth-order valence-corrected chi connectivity index (χ4v) is 3.74.